The fourth-order valence-corrected chi connectivity index (χ4v) is 3.77. The summed E-state index contributed by atoms with van der Waals surface area (Å²) in [6, 6.07) is 8.74. The first kappa shape index (κ1) is 26.2. The van der Waals surface area contributed by atoms with Gasteiger partial charge in [-0.3, -0.25) is 9.89 Å². The normalized spacial score (nSPS) is 12.7. The number of ether oxygens (including phenoxy) is 1. The van der Waals surface area contributed by atoms with Crippen molar-refractivity contribution in [2.24, 2.45) is 11.8 Å². The first-order valence-corrected chi connectivity index (χ1v) is 11.6. The van der Waals surface area contributed by atoms with Crippen LogP contribution in [-0.4, -0.2) is 27.7 Å². The molecule has 9 heteroatoms. The molecule has 3 aromatic rings. The lowest BCUT2D eigenvalue weighted by Crippen LogP contribution is -2.14. The Labute approximate surface area is 203 Å². The molecule has 3 rings (SSSR count). The number of H-pyrrole nitrogens is 1. The number of nitrogens with one attached hydrogen (secondary N) is 2. The predicted molar refractivity (Wildman–Crippen MR) is 129 cm³/mol. The van der Waals surface area contributed by atoms with Crippen LogP contribution in [0, 0.1) is 11.8 Å². The average Bonchev–Trinajstić information content (AvgIpc) is 3.28. The molecule has 2 aromatic heterocycles. The molecule has 0 saturated heterocycles. The van der Waals surface area contributed by atoms with Crippen molar-refractivity contribution in [3.05, 3.63) is 59.5 Å². The lowest BCUT2D eigenvalue weighted by Gasteiger charge is -2.19. The molecular formula is C26H31F3N4O2. The van der Waals surface area contributed by atoms with E-state index in [1.165, 1.54) is 18.3 Å². The zero-order valence-electron chi connectivity index (χ0n) is 20.5. The molecule has 35 heavy (non-hydrogen) atoms. The van der Waals surface area contributed by atoms with Gasteiger partial charge in [0.2, 0.25) is 0 Å². The quantitative estimate of drug-likeness (QED) is 0.342. The highest BCUT2D eigenvalue weighted by Crippen LogP contribution is 2.39. The Morgan fingerprint density at radius 3 is 2.40 bits per heavy atom. The molecule has 0 aliphatic heterocycles. The smallest absolute Gasteiger partial charge is 0.419 e. The molecular weight excluding hydrogens is 457 g/mol. The molecule has 0 unspecified atom stereocenters. The van der Waals surface area contributed by atoms with E-state index in [1.807, 2.05) is 20.8 Å². The SMILES string of the molecule is CC(C)C[C@@H](C)COc1ccc(-c2ccnc(NC(=O)c3cc(C(C)C)[nH]n3)c2)cc1C(F)(F)F. The van der Waals surface area contributed by atoms with Gasteiger partial charge in [0.15, 0.2) is 5.69 Å². The van der Waals surface area contributed by atoms with Gasteiger partial charge < -0.3 is 10.1 Å². The Kier molecular flexibility index (Phi) is 8.19. The van der Waals surface area contributed by atoms with Gasteiger partial charge in [0, 0.05) is 11.9 Å². The molecule has 188 valence electrons. The molecule has 1 atom stereocenters. The number of rotatable bonds is 9. The van der Waals surface area contributed by atoms with Crippen molar-refractivity contribution < 1.29 is 22.7 Å². The maximum absolute atomic E-state index is 13.8. The summed E-state index contributed by atoms with van der Waals surface area (Å²) in [5.41, 5.74) is 0.989. The van der Waals surface area contributed by atoms with Gasteiger partial charge >= 0.3 is 6.18 Å². The molecule has 1 aromatic carbocycles. The molecule has 0 radical (unpaired) electrons. The number of hydrogen-bond donors (Lipinski definition) is 2. The topological polar surface area (TPSA) is 79.9 Å². The van der Waals surface area contributed by atoms with Crippen LogP contribution >= 0.6 is 0 Å². The molecule has 0 spiro atoms. The Morgan fingerprint density at radius 1 is 1.06 bits per heavy atom. The van der Waals surface area contributed by atoms with E-state index in [-0.39, 0.29) is 35.7 Å². The van der Waals surface area contributed by atoms with Crippen molar-refractivity contribution in [1.82, 2.24) is 15.2 Å². The second kappa shape index (κ2) is 10.9. The molecule has 0 saturated carbocycles. The monoisotopic (exact) mass is 488 g/mol. The van der Waals surface area contributed by atoms with Crippen LogP contribution in [0.1, 0.15) is 68.7 Å². The number of nitrogens with zero attached hydrogens (tertiary/aromatic N) is 2. The van der Waals surface area contributed by atoms with Crippen LogP contribution in [-0.2, 0) is 6.18 Å². The summed E-state index contributed by atoms with van der Waals surface area (Å²) in [7, 11) is 0. The van der Waals surface area contributed by atoms with E-state index in [2.05, 4.69) is 34.3 Å². The van der Waals surface area contributed by atoms with E-state index in [0.29, 0.717) is 17.0 Å². The molecule has 1 amide bonds. The van der Waals surface area contributed by atoms with Crippen LogP contribution in [0.2, 0.25) is 0 Å². The molecule has 0 aliphatic rings. The van der Waals surface area contributed by atoms with Crippen LogP contribution in [0.5, 0.6) is 5.75 Å². The Morgan fingerprint density at radius 2 is 1.77 bits per heavy atom. The number of benzene rings is 1. The molecule has 2 heterocycles. The van der Waals surface area contributed by atoms with E-state index >= 15 is 0 Å². The fourth-order valence-electron chi connectivity index (χ4n) is 3.77. The Bertz CT molecular complexity index is 1160. The second-order valence-electron chi connectivity index (χ2n) is 9.50. The lowest BCUT2D eigenvalue weighted by atomic mass is 9.99. The summed E-state index contributed by atoms with van der Waals surface area (Å²) in [6.45, 7) is 10.2. The summed E-state index contributed by atoms with van der Waals surface area (Å²) in [5.74, 6) is 0.293. The van der Waals surface area contributed by atoms with Crippen LogP contribution in [0.3, 0.4) is 0 Å². The number of aromatic nitrogens is 3. The van der Waals surface area contributed by atoms with E-state index in [4.69, 9.17) is 4.74 Å². The highest BCUT2D eigenvalue weighted by atomic mass is 19.4. The third-order valence-corrected chi connectivity index (χ3v) is 5.47. The minimum Gasteiger partial charge on any atom is -0.493 e. The number of aromatic amines is 1. The zero-order chi connectivity index (χ0) is 25.8. The second-order valence-corrected chi connectivity index (χ2v) is 9.50. The molecule has 6 nitrogen and oxygen atoms in total. The third-order valence-electron chi connectivity index (χ3n) is 5.47. The van der Waals surface area contributed by atoms with E-state index in [1.54, 1.807) is 18.2 Å². The third kappa shape index (κ3) is 7.07. The zero-order valence-corrected chi connectivity index (χ0v) is 20.5. The number of carbonyl (C=O) groups is 1. The Balaban J connectivity index is 1.81. The number of hydrogen-bond acceptors (Lipinski definition) is 4. The van der Waals surface area contributed by atoms with Crippen molar-refractivity contribution in [3.8, 4) is 16.9 Å². The number of carbonyl (C=O) groups excluding carboxylic acids is 1. The van der Waals surface area contributed by atoms with Crippen LogP contribution in [0.4, 0.5) is 19.0 Å². The number of alkyl halides is 3. The van der Waals surface area contributed by atoms with Crippen molar-refractivity contribution in [3.63, 3.8) is 0 Å². The van der Waals surface area contributed by atoms with Crippen LogP contribution < -0.4 is 10.1 Å². The van der Waals surface area contributed by atoms with Crippen molar-refractivity contribution in [2.75, 3.05) is 11.9 Å². The van der Waals surface area contributed by atoms with Crippen molar-refractivity contribution in [2.45, 2.75) is 53.1 Å². The van der Waals surface area contributed by atoms with E-state index < -0.39 is 17.6 Å². The summed E-state index contributed by atoms with van der Waals surface area (Å²) in [5, 5.41) is 9.46. The van der Waals surface area contributed by atoms with Crippen molar-refractivity contribution in [1.29, 1.82) is 0 Å². The summed E-state index contributed by atoms with van der Waals surface area (Å²) in [6.07, 6.45) is -2.28. The largest absolute Gasteiger partial charge is 0.493 e. The maximum Gasteiger partial charge on any atom is 0.419 e. The van der Waals surface area contributed by atoms with Gasteiger partial charge in [0.25, 0.3) is 5.91 Å². The molecule has 2 N–H and O–H groups in total. The van der Waals surface area contributed by atoms with Gasteiger partial charge in [-0.2, -0.15) is 18.3 Å². The summed E-state index contributed by atoms with van der Waals surface area (Å²) < 4.78 is 47.0. The minimum atomic E-state index is -4.58. The highest BCUT2D eigenvalue weighted by Gasteiger charge is 2.35. The molecule has 0 fully saturated rings. The minimum absolute atomic E-state index is 0.133. The molecule has 0 aliphatic carbocycles. The van der Waals surface area contributed by atoms with Crippen LogP contribution in [0.25, 0.3) is 11.1 Å². The number of amides is 1. The molecule has 0 bridgehead atoms. The van der Waals surface area contributed by atoms with E-state index in [9.17, 15) is 18.0 Å². The first-order chi connectivity index (χ1) is 16.4. The van der Waals surface area contributed by atoms with Crippen molar-refractivity contribution >= 4 is 11.7 Å². The Hall–Kier alpha value is -3.36. The lowest BCUT2D eigenvalue weighted by molar-refractivity contribution is -0.139. The maximum atomic E-state index is 13.8. The van der Waals surface area contributed by atoms with Gasteiger partial charge in [-0.25, -0.2) is 4.98 Å². The van der Waals surface area contributed by atoms with Gasteiger partial charge in [0.1, 0.15) is 11.6 Å². The average molecular weight is 489 g/mol. The summed E-state index contributed by atoms with van der Waals surface area (Å²) >= 11 is 0. The first-order valence-electron chi connectivity index (χ1n) is 11.6. The number of anilines is 1. The van der Waals surface area contributed by atoms with Gasteiger partial charge in [-0.1, -0.05) is 40.7 Å². The summed E-state index contributed by atoms with van der Waals surface area (Å²) in [4.78, 5) is 16.6. The highest BCUT2D eigenvalue weighted by molar-refractivity contribution is 6.02. The number of halogens is 3. The fraction of sp³-hybridized carbons (Fsp3) is 0.423. The van der Waals surface area contributed by atoms with Gasteiger partial charge in [0.05, 0.1) is 12.2 Å². The standard InChI is InChI=1S/C26H31F3N4O2/c1-15(2)10-17(5)14-35-23-7-6-18(11-20(23)26(27,28)29)19-8-9-30-24(12-19)31-25(34)22-13-21(16(3)4)32-33-22/h6-9,11-13,15-17H,10,14H2,1-5H3,(H,32,33)(H,30,31,34)/t17-/m1/s1. The van der Waals surface area contributed by atoms with E-state index in [0.717, 1.165) is 18.2 Å². The number of pyridine rings is 1. The van der Waals surface area contributed by atoms with Gasteiger partial charge in [-0.15, -0.1) is 0 Å². The van der Waals surface area contributed by atoms with Gasteiger partial charge in [-0.05, 0) is 65.6 Å². The van der Waals surface area contributed by atoms with Crippen LogP contribution in [0.15, 0.2) is 42.6 Å². The predicted octanol–water partition coefficient (Wildman–Crippen LogP) is 6.93.